The molecule has 16 heavy (non-hydrogen) atoms. The van der Waals surface area contributed by atoms with Crippen molar-refractivity contribution >= 4 is 24.7 Å². The Morgan fingerprint density at radius 1 is 1.50 bits per heavy atom. The monoisotopic (exact) mass is 219 g/mol. The maximum Gasteiger partial charge on any atom is 0.413 e. The molecule has 0 aliphatic heterocycles. The Labute approximate surface area is 96.7 Å². The van der Waals surface area contributed by atoms with Gasteiger partial charge in [0, 0.05) is 6.20 Å². The fraction of sp³-hybridized carbons (Fsp3) is 0.455. The van der Waals surface area contributed by atoms with E-state index in [9.17, 15) is 4.79 Å². The van der Waals surface area contributed by atoms with Crippen molar-refractivity contribution in [3.8, 4) is 0 Å². The third kappa shape index (κ3) is 4.34. The van der Waals surface area contributed by atoms with Crippen molar-refractivity contribution in [3.05, 3.63) is 18.3 Å². The molecule has 1 aromatic heterocycles. The highest BCUT2D eigenvalue weighted by Gasteiger charge is 2.16. The molecule has 0 fully saturated rings. The first-order chi connectivity index (χ1) is 7.40. The quantitative estimate of drug-likeness (QED) is 0.771. The van der Waals surface area contributed by atoms with E-state index in [1.165, 1.54) is 0 Å². The third-order valence-electron chi connectivity index (χ3n) is 1.75. The Hall–Kier alpha value is -1.52. The van der Waals surface area contributed by atoms with Gasteiger partial charge in [-0.3, -0.25) is 5.32 Å². The lowest BCUT2D eigenvalue weighted by Crippen LogP contribution is -2.28. The first-order valence-corrected chi connectivity index (χ1v) is 5.16. The van der Waals surface area contributed by atoms with Crippen LogP contribution in [0.1, 0.15) is 20.8 Å². The number of aromatic nitrogens is 1. The smallest absolute Gasteiger partial charge is 0.413 e. The van der Waals surface area contributed by atoms with Crippen molar-refractivity contribution in [2.45, 2.75) is 33.2 Å². The van der Waals surface area contributed by atoms with Crippen LogP contribution >= 0.6 is 0 Å². The minimum Gasteiger partial charge on any atom is -0.444 e. The highest BCUT2D eigenvalue weighted by atomic mass is 16.6. The molecule has 1 aromatic rings. The number of rotatable bonds is 2. The van der Waals surface area contributed by atoms with Crippen LogP contribution in [0.3, 0.4) is 0 Å². The molecule has 85 valence electrons. The van der Waals surface area contributed by atoms with Crippen molar-refractivity contribution in [1.82, 2.24) is 4.98 Å². The molecular weight excluding hydrogens is 203 g/mol. The van der Waals surface area contributed by atoms with E-state index in [1.807, 2.05) is 40.9 Å². The van der Waals surface area contributed by atoms with Gasteiger partial charge in [0.15, 0.2) is 0 Å². The van der Waals surface area contributed by atoms with Gasteiger partial charge in [0.1, 0.15) is 18.7 Å². The summed E-state index contributed by atoms with van der Waals surface area (Å²) in [6, 6.07) is 3.64. The van der Waals surface area contributed by atoms with Crippen LogP contribution in [0.5, 0.6) is 0 Å². The molecule has 0 aliphatic carbocycles. The SMILES string of the molecule is C[B]c1ccnc(NC(=O)OC(C)(C)C)c1. The number of nitrogens with one attached hydrogen (secondary N) is 1. The summed E-state index contributed by atoms with van der Waals surface area (Å²) >= 11 is 0. The summed E-state index contributed by atoms with van der Waals surface area (Å²) in [4.78, 5) is 15.5. The number of ether oxygens (including phenoxy) is 1. The van der Waals surface area contributed by atoms with Crippen LogP contribution in [0.4, 0.5) is 10.6 Å². The Morgan fingerprint density at radius 2 is 2.19 bits per heavy atom. The number of hydrogen-bond donors (Lipinski definition) is 1. The highest BCUT2D eigenvalue weighted by Crippen LogP contribution is 2.08. The second-order valence-electron chi connectivity index (χ2n) is 4.39. The predicted molar refractivity (Wildman–Crippen MR) is 65.3 cm³/mol. The van der Waals surface area contributed by atoms with Crippen LogP contribution in [0.2, 0.25) is 6.82 Å². The van der Waals surface area contributed by atoms with Gasteiger partial charge in [-0.05, 0) is 32.9 Å². The number of amides is 1. The molecule has 1 radical (unpaired) electrons. The molecule has 1 heterocycles. The van der Waals surface area contributed by atoms with Crippen LogP contribution in [-0.4, -0.2) is 24.0 Å². The number of carbonyl (C=O) groups excluding carboxylic acids is 1. The second-order valence-corrected chi connectivity index (χ2v) is 4.39. The number of carbonyl (C=O) groups is 1. The third-order valence-corrected chi connectivity index (χ3v) is 1.75. The molecule has 0 spiro atoms. The zero-order valence-electron chi connectivity index (χ0n) is 10.1. The normalized spacial score (nSPS) is 10.8. The maximum atomic E-state index is 11.4. The molecule has 0 aromatic carbocycles. The summed E-state index contributed by atoms with van der Waals surface area (Å²) in [7, 11) is 1.93. The Bertz CT molecular complexity index is 374. The summed E-state index contributed by atoms with van der Waals surface area (Å²) < 4.78 is 5.11. The number of hydrogen-bond acceptors (Lipinski definition) is 3. The van der Waals surface area contributed by atoms with Crippen LogP contribution in [0.25, 0.3) is 0 Å². The minimum absolute atomic E-state index is 0.491. The molecule has 1 amide bonds. The first-order valence-electron chi connectivity index (χ1n) is 5.16. The van der Waals surface area contributed by atoms with Crippen molar-refractivity contribution < 1.29 is 9.53 Å². The van der Waals surface area contributed by atoms with Crippen molar-refractivity contribution in [3.63, 3.8) is 0 Å². The fourth-order valence-corrected chi connectivity index (χ4v) is 1.10. The van der Waals surface area contributed by atoms with E-state index in [0.717, 1.165) is 5.46 Å². The van der Waals surface area contributed by atoms with E-state index in [2.05, 4.69) is 10.3 Å². The largest absolute Gasteiger partial charge is 0.444 e. The molecule has 0 unspecified atom stereocenters. The number of anilines is 1. The average Bonchev–Trinajstić information content (AvgIpc) is 2.15. The molecule has 0 saturated carbocycles. The molecular formula is C11H16BN2O2. The van der Waals surface area contributed by atoms with Crippen molar-refractivity contribution in [1.29, 1.82) is 0 Å². The van der Waals surface area contributed by atoms with Gasteiger partial charge in [-0.2, -0.15) is 0 Å². The lowest BCUT2D eigenvalue weighted by Gasteiger charge is -2.19. The fourth-order valence-electron chi connectivity index (χ4n) is 1.10. The number of nitrogens with zero attached hydrogens (tertiary/aromatic N) is 1. The van der Waals surface area contributed by atoms with E-state index in [-0.39, 0.29) is 0 Å². The minimum atomic E-state index is -0.501. The molecule has 0 atom stereocenters. The van der Waals surface area contributed by atoms with E-state index < -0.39 is 11.7 Å². The van der Waals surface area contributed by atoms with E-state index >= 15 is 0 Å². The van der Waals surface area contributed by atoms with Crippen molar-refractivity contribution in [2.75, 3.05) is 5.32 Å². The van der Waals surface area contributed by atoms with Crippen LogP contribution in [0.15, 0.2) is 18.3 Å². The molecule has 1 rings (SSSR count). The molecule has 0 saturated heterocycles. The van der Waals surface area contributed by atoms with Gasteiger partial charge >= 0.3 is 6.09 Å². The molecule has 0 aliphatic rings. The summed E-state index contributed by atoms with van der Waals surface area (Å²) in [6.07, 6.45) is 1.15. The Balaban J connectivity index is 2.62. The summed E-state index contributed by atoms with van der Waals surface area (Å²) in [5, 5.41) is 2.58. The molecule has 1 N–H and O–H groups in total. The van der Waals surface area contributed by atoms with Gasteiger partial charge in [0.25, 0.3) is 0 Å². The summed E-state index contributed by atoms with van der Waals surface area (Å²) in [5.74, 6) is 0.491. The van der Waals surface area contributed by atoms with E-state index in [1.54, 1.807) is 12.3 Å². The maximum absolute atomic E-state index is 11.4. The molecule has 0 bridgehead atoms. The van der Waals surface area contributed by atoms with Gasteiger partial charge in [-0.15, -0.1) is 0 Å². The first kappa shape index (κ1) is 12.6. The van der Waals surface area contributed by atoms with Gasteiger partial charge in [0.05, 0.1) is 0 Å². The lowest BCUT2D eigenvalue weighted by atomic mass is 9.74. The molecule has 4 nitrogen and oxygen atoms in total. The van der Waals surface area contributed by atoms with Gasteiger partial charge in [0.2, 0.25) is 0 Å². The standard InChI is InChI=1S/C11H16BN2O2/c1-11(2,3)16-10(15)14-9-7-8(12-4)5-6-13-9/h5-7H,1-4H3,(H,13,14,15). The zero-order valence-corrected chi connectivity index (χ0v) is 10.1. The number of pyridine rings is 1. The Kier molecular flexibility index (Phi) is 3.93. The van der Waals surface area contributed by atoms with E-state index in [4.69, 9.17) is 4.74 Å². The average molecular weight is 219 g/mol. The van der Waals surface area contributed by atoms with Crippen LogP contribution in [0, 0.1) is 0 Å². The van der Waals surface area contributed by atoms with Crippen LogP contribution < -0.4 is 10.8 Å². The van der Waals surface area contributed by atoms with Crippen molar-refractivity contribution in [2.24, 2.45) is 0 Å². The summed E-state index contributed by atoms with van der Waals surface area (Å²) in [5.41, 5.74) is 0.500. The van der Waals surface area contributed by atoms with Gasteiger partial charge in [-0.25, -0.2) is 9.78 Å². The van der Waals surface area contributed by atoms with Gasteiger partial charge in [-0.1, -0.05) is 12.3 Å². The second kappa shape index (κ2) is 5.01. The van der Waals surface area contributed by atoms with Crippen LogP contribution in [-0.2, 0) is 4.74 Å². The highest BCUT2D eigenvalue weighted by molar-refractivity contribution is 6.52. The zero-order chi connectivity index (χ0) is 12.2. The van der Waals surface area contributed by atoms with E-state index in [0.29, 0.717) is 5.82 Å². The molecule has 5 heteroatoms. The predicted octanol–water partition coefficient (Wildman–Crippen LogP) is 1.81. The Morgan fingerprint density at radius 3 is 2.75 bits per heavy atom. The summed E-state index contributed by atoms with van der Waals surface area (Å²) in [6.45, 7) is 7.37. The van der Waals surface area contributed by atoms with Gasteiger partial charge < -0.3 is 4.74 Å². The topological polar surface area (TPSA) is 51.2 Å². The lowest BCUT2D eigenvalue weighted by molar-refractivity contribution is 0.0635.